The second-order valence-electron chi connectivity index (χ2n) is 8.14. The monoisotopic (exact) mass is 475 g/mol. The molecule has 0 fully saturated rings. The van der Waals surface area contributed by atoms with Crippen LogP contribution in [0.2, 0.25) is 0 Å². The fraction of sp³-hybridized carbons (Fsp3) is 0.0667. The van der Waals surface area contributed by atoms with E-state index < -0.39 is 0 Å². The Morgan fingerprint density at radius 3 is 2.20 bits per heavy atom. The van der Waals surface area contributed by atoms with Crippen molar-refractivity contribution in [3.8, 4) is 27.4 Å². The van der Waals surface area contributed by atoms with Gasteiger partial charge in [-0.25, -0.2) is 4.98 Å². The largest absolute Gasteiger partial charge is 0.489 e. The van der Waals surface area contributed by atoms with Crippen LogP contribution in [0.4, 0.5) is 5.13 Å². The van der Waals surface area contributed by atoms with Crippen LogP contribution in [0, 0.1) is 6.92 Å². The second kappa shape index (κ2) is 10.8. The van der Waals surface area contributed by atoms with Crippen LogP contribution < -0.4 is 10.2 Å². The van der Waals surface area contributed by atoms with Gasteiger partial charge in [-0.2, -0.15) is 5.10 Å². The number of hydrogen-bond donors (Lipinski definition) is 1. The van der Waals surface area contributed by atoms with Crippen molar-refractivity contribution in [2.24, 2.45) is 5.10 Å². The lowest BCUT2D eigenvalue weighted by atomic mass is 10.1. The zero-order valence-corrected chi connectivity index (χ0v) is 20.2. The van der Waals surface area contributed by atoms with Gasteiger partial charge in [0.15, 0.2) is 0 Å². The average Bonchev–Trinajstić information content (AvgIpc) is 3.34. The van der Waals surface area contributed by atoms with E-state index in [1.807, 2.05) is 60.7 Å². The maximum Gasteiger partial charge on any atom is 0.204 e. The van der Waals surface area contributed by atoms with E-state index in [9.17, 15) is 0 Å². The Hall–Kier alpha value is -4.22. The number of rotatable bonds is 8. The molecule has 0 radical (unpaired) electrons. The van der Waals surface area contributed by atoms with Crippen molar-refractivity contribution in [3.63, 3.8) is 0 Å². The van der Waals surface area contributed by atoms with Gasteiger partial charge in [0.05, 0.1) is 16.8 Å². The van der Waals surface area contributed by atoms with Crippen molar-refractivity contribution < 1.29 is 4.74 Å². The van der Waals surface area contributed by atoms with Gasteiger partial charge in [0.2, 0.25) is 5.13 Å². The van der Waals surface area contributed by atoms with Crippen LogP contribution in [0.15, 0.2) is 114 Å². The first kappa shape index (κ1) is 22.6. The van der Waals surface area contributed by atoms with Gasteiger partial charge in [0.25, 0.3) is 0 Å². The molecule has 5 heteroatoms. The summed E-state index contributed by atoms with van der Waals surface area (Å²) in [7, 11) is 0. The minimum Gasteiger partial charge on any atom is -0.489 e. The lowest BCUT2D eigenvalue weighted by molar-refractivity contribution is 0.306. The molecule has 1 aromatic heterocycles. The summed E-state index contributed by atoms with van der Waals surface area (Å²) in [6.45, 7) is 2.64. The number of anilines is 1. The Bertz CT molecular complexity index is 1390. The third-order valence-corrected chi connectivity index (χ3v) is 6.50. The Labute approximate surface area is 209 Å². The zero-order valence-electron chi connectivity index (χ0n) is 19.4. The number of nitrogens with one attached hydrogen (secondary N) is 1. The quantitative estimate of drug-likeness (QED) is 0.184. The van der Waals surface area contributed by atoms with Crippen molar-refractivity contribution in [2.45, 2.75) is 13.5 Å². The summed E-state index contributed by atoms with van der Waals surface area (Å²) in [6, 6.07) is 36.8. The molecule has 0 saturated carbocycles. The minimum atomic E-state index is 0.549. The van der Waals surface area contributed by atoms with E-state index in [0.29, 0.717) is 6.61 Å². The second-order valence-corrected chi connectivity index (χ2v) is 9.14. The first-order valence-corrected chi connectivity index (χ1v) is 12.3. The Morgan fingerprint density at radius 2 is 1.49 bits per heavy atom. The highest BCUT2D eigenvalue weighted by Gasteiger charge is 2.14. The van der Waals surface area contributed by atoms with E-state index in [1.165, 1.54) is 5.56 Å². The lowest BCUT2D eigenvalue weighted by Crippen LogP contribution is -1.95. The highest BCUT2D eigenvalue weighted by molar-refractivity contribution is 7.19. The molecule has 0 saturated heterocycles. The average molecular weight is 476 g/mol. The molecule has 0 spiro atoms. The molecular formula is C30H25N3OS. The molecule has 0 aliphatic heterocycles. The molecule has 4 nitrogen and oxygen atoms in total. The molecule has 5 rings (SSSR count). The molecule has 0 atom stereocenters. The van der Waals surface area contributed by atoms with Crippen LogP contribution in [-0.2, 0) is 6.61 Å². The third-order valence-electron chi connectivity index (χ3n) is 5.49. The Kier molecular flexibility index (Phi) is 6.97. The topological polar surface area (TPSA) is 46.5 Å². The number of hydrazone groups is 1. The molecule has 35 heavy (non-hydrogen) atoms. The molecule has 0 aliphatic carbocycles. The number of nitrogens with zero attached hydrogens (tertiary/aromatic N) is 2. The van der Waals surface area contributed by atoms with Gasteiger partial charge in [-0.15, -0.1) is 0 Å². The van der Waals surface area contributed by atoms with E-state index in [-0.39, 0.29) is 0 Å². The maximum atomic E-state index is 5.86. The normalized spacial score (nSPS) is 11.0. The number of thiazole rings is 1. The van der Waals surface area contributed by atoms with E-state index in [1.54, 1.807) is 17.6 Å². The number of aromatic nitrogens is 1. The molecule has 5 aromatic rings. The summed E-state index contributed by atoms with van der Waals surface area (Å²) in [4.78, 5) is 5.98. The van der Waals surface area contributed by atoms with Gasteiger partial charge in [0.1, 0.15) is 12.4 Å². The van der Waals surface area contributed by atoms with Crippen molar-refractivity contribution in [3.05, 3.63) is 126 Å². The van der Waals surface area contributed by atoms with Crippen LogP contribution in [0.3, 0.4) is 0 Å². The Morgan fingerprint density at radius 1 is 0.800 bits per heavy atom. The van der Waals surface area contributed by atoms with E-state index in [0.717, 1.165) is 43.7 Å². The molecule has 4 aromatic carbocycles. The van der Waals surface area contributed by atoms with Gasteiger partial charge in [0, 0.05) is 5.56 Å². The van der Waals surface area contributed by atoms with Gasteiger partial charge in [-0.05, 0) is 47.9 Å². The van der Waals surface area contributed by atoms with Gasteiger partial charge in [-0.1, -0.05) is 102 Å². The summed E-state index contributed by atoms with van der Waals surface area (Å²) in [6.07, 6.45) is 1.79. The third kappa shape index (κ3) is 5.83. The summed E-state index contributed by atoms with van der Waals surface area (Å²) >= 11 is 1.60. The zero-order chi connectivity index (χ0) is 23.9. The van der Waals surface area contributed by atoms with E-state index in [4.69, 9.17) is 9.72 Å². The van der Waals surface area contributed by atoms with Crippen molar-refractivity contribution in [1.82, 2.24) is 4.98 Å². The van der Waals surface area contributed by atoms with Crippen molar-refractivity contribution >= 4 is 22.7 Å². The van der Waals surface area contributed by atoms with Crippen LogP contribution in [0.25, 0.3) is 21.7 Å². The maximum absolute atomic E-state index is 5.86. The number of hydrogen-bond acceptors (Lipinski definition) is 5. The first-order chi connectivity index (χ1) is 17.2. The molecule has 172 valence electrons. The van der Waals surface area contributed by atoms with Crippen LogP contribution in [0.5, 0.6) is 5.75 Å². The van der Waals surface area contributed by atoms with Crippen LogP contribution >= 0.6 is 11.3 Å². The molecule has 0 unspecified atom stereocenters. The highest BCUT2D eigenvalue weighted by Crippen LogP contribution is 2.39. The predicted octanol–water partition coefficient (Wildman–Crippen LogP) is 7.81. The van der Waals surface area contributed by atoms with Crippen molar-refractivity contribution in [2.75, 3.05) is 5.43 Å². The lowest BCUT2D eigenvalue weighted by Gasteiger charge is -2.06. The number of ether oxygens (including phenoxy) is 1. The molecule has 0 amide bonds. The Balaban J connectivity index is 1.28. The number of benzene rings is 4. The fourth-order valence-electron chi connectivity index (χ4n) is 3.61. The molecule has 1 heterocycles. The summed E-state index contributed by atoms with van der Waals surface area (Å²) in [5, 5.41) is 5.17. The van der Waals surface area contributed by atoms with Gasteiger partial charge in [-0.3, -0.25) is 5.43 Å². The minimum absolute atomic E-state index is 0.549. The summed E-state index contributed by atoms with van der Waals surface area (Å²) < 4.78 is 5.86. The predicted molar refractivity (Wildman–Crippen MR) is 146 cm³/mol. The SMILES string of the molecule is Cc1ccc(-c2nc(N/N=C\c3ccc(OCc4ccccc4)cc3)sc2-c2ccccc2)cc1. The standard InChI is InChI=1S/C30H25N3OS/c1-22-12-16-25(17-13-22)28-29(26-10-6-3-7-11-26)35-30(32-28)33-31-20-23-14-18-27(19-15-23)34-21-24-8-4-2-5-9-24/h2-20H,21H2,1H3,(H,32,33)/b31-20-. The highest BCUT2D eigenvalue weighted by atomic mass is 32.1. The van der Waals surface area contributed by atoms with E-state index >= 15 is 0 Å². The first-order valence-electron chi connectivity index (χ1n) is 11.4. The number of aryl methyl sites for hydroxylation is 1. The van der Waals surface area contributed by atoms with Crippen molar-refractivity contribution in [1.29, 1.82) is 0 Å². The smallest absolute Gasteiger partial charge is 0.204 e. The molecular weight excluding hydrogens is 450 g/mol. The van der Waals surface area contributed by atoms with Gasteiger partial charge < -0.3 is 4.74 Å². The fourth-order valence-corrected chi connectivity index (χ4v) is 4.56. The molecule has 0 aliphatic rings. The van der Waals surface area contributed by atoms with Crippen LogP contribution in [0.1, 0.15) is 16.7 Å². The van der Waals surface area contributed by atoms with Gasteiger partial charge >= 0.3 is 0 Å². The summed E-state index contributed by atoms with van der Waals surface area (Å²) in [5.41, 5.74) is 9.65. The van der Waals surface area contributed by atoms with E-state index in [2.05, 4.69) is 66.0 Å². The molecule has 1 N–H and O–H groups in total. The van der Waals surface area contributed by atoms with Crippen LogP contribution in [-0.4, -0.2) is 11.2 Å². The molecule has 0 bridgehead atoms. The summed E-state index contributed by atoms with van der Waals surface area (Å²) in [5.74, 6) is 0.828.